The van der Waals surface area contributed by atoms with Crippen LogP contribution in [0.4, 0.5) is 10.1 Å². The molecule has 1 N–H and O–H groups in total. The molecule has 0 spiro atoms. The zero-order valence-electron chi connectivity index (χ0n) is 12.5. The Morgan fingerprint density at radius 2 is 1.48 bits per heavy atom. The summed E-state index contributed by atoms with van der Waals surface area (Å²) in [4.78, 5) is 1.51. The molecule has 7 heteroatoms. The van der Waals surface area contributed by atoms with Crippen LogP contribution >= 0.6 is 0 Å². The lowest BCUT2D eigenvalue weighted by atomic mass is 10.2. The maximum atomic E-state index is 13.0. The van der Waals surface area contributed by atoms with E-state index in [1.54, 1.807) is 42.5 Å². The third kappa shape index (κ3) is 3.90. The molecule has 4 nitrogen and oxygen atoms in total. The summed E-state index contributed by atoms with van der Waals surface area (Å²) in [6.45, 7) is 2.28. The number of sulfonamides is 1. The predicted molar refractivity (Wildman–Crippen MR) is 82.0 cm³/mol. The lowest BCUT2D eigenvalue weighted by Crippen LogP contribution is -3.10. The van der Waals surface area contributed by atoms with Gasteiger partial charge in [-0.1, -0.05) is 18.2 Å². The van der Waals surface area contributed by atoms with Gasteiger partial charge >= 0.3 is 0 Å². The van der Waals surface area contributed by atoms with Gasteiger partial charge in [-0.3, -0.25) is 0 Å². The fraction of sp³-hybridized carbons (Fsp3) is 0.250. The van der Waals surface area contributed by atoms with Gasteiger partial charge in [0.15, 0.2) is 0 Å². The van der Waals surface area contributed by atoms with E-state index in [0.717, 1.165) is 5.69 Å². The number of benzene rings is 2. The molecule has 0 unspecified atom stereocenters. The van der Waals surface area contributed by atoms with Gasteiger partial charge in [0, 0.05) is 12.1 Å². The van der Waals surface area contributed by atoms with Gasteiger partial charge in [0.2, 0.25) is 10.0 Å². The molecule has 0 atom stereocenters. The first-order valence-electron chi connectivity index (χ1n) is 7.23. The van der Waals surface area contributed by atoms with Crippen molar-refractivity contribution < 1.29 is 30.1 Å². The Morgan fingerprint density at radius 1 is 0.913 bits per heavy atom. The second-order valence-corrected chi connectivity index (χ2v) is 7.27. The Hall–Kier alpha value is -1.47. The molecular formula is C16H18ClFN2O2S. The van der Waals surface area contributed by atoms with Crippen molar-refractivity contribution in [3.63, 3.8) is 0 Å². The van der Waals surface area contributed by atoms with E-state index >= 15 is 0 Å². The molecular weight excluding hydrogens is 339 g/mol. The molecule has 1 saturated heterocycles. The summed E-state index contributed by atoms with van der Waals surface area (Å²) in [5, 5.41) is 0. The highest BCUT2D eigenvalue weighted by molar-refractivity contribution is 7.89. The highest BCUT2D eigenvalue weighted by Gasteiger charge is 2.30. The van der Waals surface area contributed by atoms with Gasteiger partial charge in [0.25, 0.3) is 0 Å². The summed E-state index contributed by atoms with van der Waals surface area (Å²) < 4.78 is 39.6. The van der Waals surface area contributed by atoms with E-state index in [1.807, 2.05) is 0 Å². The Balaban J connectivity index is 0.00000192. The highest BCUT2D eigenvalue weighted by atomic mass is 35.5. The van der Waals surface area contributed by atoms with Gasteiger partial charge in [-0.05, 0) is 24.3 Å². The quantitative estimate of drug-likeness (QED) is 0.695. The van der Waals surface area contributed by atoms with E-state index in [4.69, 9.17) is 0 Å². The van der Waals surface area contributed by atoms with E-state index < -0.39 is 10.0 Å². The van der Waals surface area contributed by atoms with E-state index in [-0.39, 0.29) is 18.2 Å². The Bertz CT molecular complexity index is 730. The average molecular weight is 357 g/mol. The number of hydrogen-bond donors (Lipinski definition) is 1. The zero-order chi connectivity index (χ0) is 15.6. The van der Waals surface area contributed by atoms with Crippen molar-refractivity contribution >= 4 is 15.7 Å². The maximum Gasteiger partial charge on any atom is 0.243 e. The Morgan fingerprint density at radius 3 is 2.04 bits per heavy atom. The van der Waals surface area contributed by atoms with Crippen LogP contribution in [-0.4, -0.2) is 38.9 Å². The molecule has 0 amide bonds. The molecule has 3 rings (SSSR count). The lowest BCUT2D eigenvalue weighted by Gasteiger charge is -2.31. The minimum absolute atomic E-state index is 0. The first-order valence-corrected chi connectivity index (χ1v) is 8.67. The number of quaternary nitrogens is 1. The van der Waals surface area contributed by atoms with Crippen molar-refractivity contribution in [2.45, 2.75) is 4.90 Å². The summed E-state index contributed by atoms with van der Waals surface area (Å²) in [6.07, 6.45) is 0. The second-order valence-electron chi connectivity index (χ2n) is 5.33. The number of hydrogen-bond acceptors (Lipinski definition) is 2. The van der Waals surface area contributed by atoms with Crippen molar-refractivity contribution in [2.75, 3.05) is 26.2 Å². The monoisotopic (exact) mass is 356 g/mol. The van der Waals surface area contributed by atoms with Gasteiger partial charge < -0.3 is 17.3 Å². The van der Waals surface area contributed by atoms with Crippen LogP contribution in [0.2, 0.25) is 0 Å². The first-order chi connectivity index (χ1) is 10.6. The smallest absolute Gasteiger partial charge is 0.243 e. The number of rotatable bonds is 3. The van der Waals surface area contributed by atoms with Crippen molar-refractivity contribution in [3.05, 3.63) is 60.4 Å². The van der Waals surface area contributed by atoms with Crippen LogP contribution in [0.25, 0.3) is 0 Å². The van der Waals surface area contributed by atoms with Crippen molar-refractivity contribution in [1.82, 2.24) is 4.31 Å². The summed E-state index contributed by atoms with van der Waals surface area (Å²) >= 11 is 0. The summed E-state index contributed by atoms with van der Waals surface area (Å²) in [6, 6.07) is 14.9. The van der Waals surface area contributed by atoms with Gasteiger partial charge in [-0.15, -0.1) is 0 Å². The fourth-order valence-electron chi connectivity index (χ4n) is 2.71. The molecule has 0 saturated carbocycles. The zero-order valence-corrected chi connectivity index (χ0v) is 14.0. The fourth-order valence-corrected chi connectivity index (χ4v) is 4.17. The minimum Gasteiger partial charge on any atom is -1.00 e. The molecule has 1 heterocycles. The minimum atomic E-state index is -3.41. The van der Waals surface area contributed by atoms with Gasteiger partial charge in [0.1, 0.15) is 11.5 Å². The maximum absolute atomic E-state index is 13.0. The first kappa shape index (κ1) is 17.9. The van der Waals surface area contributed by atoms with Crippen LogP contribution in [-0.2, 0) is 10.0 Å². The summed E-state index contributed by atoms with van der Waals surface area (Å²) in [5.41, 5.74) is 0.998. The summed E-state index contributed by atoms with van der Waals surface area (Å²) in [5.74, 6) is -0.256. The van der Waals surface area contributed by atoms with Crippen LogP contribution in [0.1, 0.15) is 0 Å². The van der Waals surface area contributed by atoms with E-state index in [1.165, 1.54) is 21.3 Å². The topological polar surface area (TPSA) is 41.8 Å². The van der Waals surface area contributed by atoms with Gasteiger partial charge in [-0.2, -0.15) is 4.31 Å². The van der Waals surface area contributed by atoms with E-state index in [9.17, 15) is 12.8 Å². The van der Waals surface area contributed by atoms with Gasteiger partial charge in [-0.25, -0.2) is 12.8 Å². The largest absolute Gasteiger partial charge is 1.00 e. The Kier molecular flexibility index (Phi) is 5.75. The van der Waals surface area contributed by atoms with E-state index in [2.05, 4.69) is 0 Å². The SMILES string of the molecule is O=S(=O)(c1ccccc1)N1CC[NH+](c2ccc(F)cc2)CC1.[Cl-]. The van der Waals surface area contributed by atoms with Gasteiger partial charge in [0.05, 0.1) is 31.1 Å². The molecule has 0 radical (unpaired) electrons. The molecule has 0 bridgehead atoms. The van der Waals surface area contributed by atoms with Crippen molar-refractivity contribution in [1.29, 1.82) is 0 Å². The third-order valence-corrected chi connectivity index (χ3v) is 5.87. The van der Waals surface area contributed by atoms with Crippen LogP contribution in [0.3, 0.4) is 0 Å². The van der Waals surface area contributed by atoms with Crippen molar-refractivity contribution in [3.8, 4) is 0 Å². The molecule has 23 heavy (non-hydrogen) atoms. The van der Waals surface area contributed by atoms with Crippen LogP contribution in [0, 0.1) is 5.82 Å². The molecule has 1 aliphatic rings. The Labute approximate surface area is 142 Å². The third-order valence-electron chi connectivity index (χ3n) is 3.96. The van der Waals surface area contributed by atoms with Crippen LogP contribution in [0.5, 0.6) is 0 Å². The average Bonchev–Trinajstić information content (AvgIpc) is 2.56. The highest BCUT2D eigenvalue weighted by Crippen LogP contribution is 2.15. The standard InChI is InChI=1S/C16H17FN2O2S.ClH/c17-14-6-8-15(9-7-14)18-10-12-19(13-11-18)22(20,21)16-4-2-1-3-5-16;/h1-9H,10-13H2;1H. The number of halogens is 2. The van der Waals surface area contributed by atoms with Crippen molar-refractivity contribution in [2.24, 2.45) is 0 Å². The molecule has 1 aliphatic heterocycles. The van der Waals surface area contributed by atoms with Crippen LogP contribution in [0.15, 0.2) is 59.5 Å². The second kappa shape index (κ2) is 7.40. The number of nitrogens with zero attached hydrogens (tertiary/aromatic N) is 1. The molecule has 2 aromatic rings. The molecule has 1 fully saturated rings. The molecule has 0 aromatic heterocycles. The van der Waals surface area contributed by atoms with E-state index in [0.29, 0.717) is 31.1 Å². The predicted octanol–water partition coefficient (Wildman–Crippen LogP) is -1.95. The van der Waals surface area contributed by atoms with Crippen LogP contribution < -0.4 is 17.3 Å². The normalized spacial score (nSPS) is 16.7. The number of piperazine rings is 1. The molecule has 124 valence electrons. The summed E-state index contributed by atoms with van der Waals surface area (Å²) in [7, 11) is -3.41. The molecule has 0 aliphatic carbocycles. The number of nitrogens with one attached hydrogen (secondary N) is 1. The molecule has 2 aromatic carbocycles. The lowest BCUT2D eigenvalue weighted by molar-refractivity contribution is -0.837.